The van der Waals surface area contributed by atoms with Crippen LogP contribution in [0.1, 0.15) is 30.4 Å². The van der Waals surface area contributed by atoms with Gasteiger partial charge in [-0.25, -0.2) is 0 Å². The molecule has 1 aliphatic heterocycles. The molecule has 0 radical (unpaired) electrons. The molecule has 1 saturated heterocycles. The summed E-state index contributed by atoms with van der Waals surface area (Å²) in [6, 6.07) is 19.0. The van der Waals surface area contributed by atoms with E-state index in [0.29, 0.717) is 0 Å². The van der Waals surface area contributed by atoms with E-state index in [1.54, 1.807) is 0 Å². The van der Waals surface area contributed by atoms with Gasteiger partial charge in [0.2, 0.25) is 0 Å². The quantitative estimate of drug-likeness (QED) is 0.497. The Hall–Kier alpha value is -2.78. The van der Waals surface area contributed by atoms with Gasteiger partial charge in [0.25, 0.3) is 0 Å². The summed E-state index contributed by atoms with van der Waals surface area (Å²) < 4.78 is 23.9. The molecule has 33 heavy (non-hydrogen) atoms. The van der Waals surface area contributed by atoms with Gasteiger partial charge in [0.05, 0.1) is 31.8 Å². The Labute approximate surface area is 193 Å². The molecule has 1 aliphatic rings. The third kappa shape index (κ3) is 7.36. The topological polar surface area (TPSA) is 112 Å². The van der Waals surface area contributed by atoms with E-state index in [0.717, 1.165) is 11.1 Å². The smallest absolute Gasteiger partial charge is 0.303 e. The maximum atomic E-state index is 11.8. The van der Waals surface area contributed by atoms with Crippen molar-refractivity contribution in [1.29, 1.82) is 0 Å². The van der Waals surface area contributed by atoms with Crippen LogP contribution in [0.15, 0.2) is 60.7 Å². The minimum atomic E-state index is -1.00. The predicted octanol–water partition coefficient (Wildman–Crippen LogP) is 3.48. The van der Waals surface area contributed by atoms with Crippen molar-refractivity contribution in [1.82, 2.24) is 0 Å². The first-order chi connectivity index (χ1) is 16.0. The molecule has 2 aromatic carbocycles. The number of carbonyl (C=O) groups is 2. The Morgan fingerprint density at radius 3 is 1.88 bits per heavy atom. The second-order valence-corrected chi connectivity index (χ2v) is 8.00. The van der Waals surface area contributed by atoms with Crippen molar-refractivity contribution >= 4 is 11.9 Å². The molecular formula is C25H30O8. The summed E-state index contributed by atoms with van der Waals surface area (Å²) in [5.74, 6) is -2.57. The number of aliphatic carboxylic acids is 2. The molecule has 0 aliphatic carbocycles. The standard InChI is InChI=1S/C25H30O8/c1-30-25-24(32-16-18-10-6-3-7-11-18)19(14-22(28)29)23(20(33-25)12-13-21(26)27)31-15-17-8-4-2-5-9-17/h2-11,19-20,23-25H,12-16H2,1H3,(H,26,27)(H,28,29)/t19-,20+,23-,24+,25-/m0/s1. The fourth-order valence-corrected chi connectivity index (χ4v) is 4.08. The molecule has 8 heteroatoms. The van der Waals surface area contributed by atoms with Gasteiger partial charge in [-0.1, -0.05) is 60.7 Å². The number of methoxy groups -OCH3 is 1. The molecule has 0 unspecified atom stereocenters. The summed E-state index contributed by atoms with van der Waals surface area (Å²) in [6.07, 6.45) is -3.12. The molecular weight excluding hydrogens is 428 g/mol. The third-order valence-corrected chi connectivity index (χ3v) is 5.64. The molecule has 1 heterocycles. The van der Waals surface area contributed by atoms with Crippen molar-refractivity contribution in [3.63, 3.8) is 0 Å². The predicted molar refractivity (Wildman–Crippen MR) is 118 cm³/mol. The lowest BCUT2D eigenvalue weighted by atomic mass is 9.84. The van der Waals surface area contributed by atoms with Gasteiger partial charge in [0.1, 0.15) is 6.10 Å². The zero-order chi connectivity index (χ0) is 23.6. The largest absolute Gasteiger partial charge is 0.481 e. The highest BCUT2D eigenvalue weighted by atomic mass is 16.7. The van der Waals surface area contributed by atoms with Crippen molar-refractivity contribution in [2.24, 2.45) is 5.92 Å². The van der Waals surface area contributed by atoms with E-state index in [1.165, 1.54) is 7.11 Å². The van der Waals surface area contributed by atoms with Gasteiger partial charge in [-0.3, -0.25) is 9.59 Å². The summed E-state index contributed by atoms with van der Waals surface area (Å²) in [7, 11) is 1.46. The first-order valence-corrected chi connectivity index (χ1v) is 10.9. The molecule has 1 fully saturated rings. The highest BCUT2D eigenvalue weighted by Crippen LogP contribution is 2.36. The molecule has 8 nitrogen and oxygen atoms in total. The summed E-state index contributed by atoms with van der Waals surface area (Å²) in [5.41, 5.74) is 1.84. The summed E-state index contributed by atoms with van der Waals surface area (Å²) in [4.78, 5) is 23.0. The number of hydrogen-bond donors (Lipinski definition) is 2. The van der Waals surface area contributed by atoms with Gasteiger partial charge in [-0.2, -0.15) is 0 Å². The van der Waals surface area contributed by atoms with E-state index < -0.39 is 42.5 Å². The van der Waals surface area contributed by atoms with Gasteiger partial charge < -0.3 is 29.2 Å². The second-order valence-electron chi connectivity index (χ2n) is 8.00. The van der Waals surface area contributed by atoms with E-state index in [9.17, 15) is 19.8 Å². The second kappa shape index (κ2) is 12.5. The third-order valence-electron chi connectivity index (χ3n) is 5.64. The van der Waals surface area contributed by atoms with Crippen LogP contribution in [0.3, 0.4) is 0 Å². The SMILES string of the molecule is CO[C@H]1O[C@H](CCC(=O)O)[C@@H](OCc2ccccc2)[C@H](CC(=O)O)[C@H]1OCc1ccccc1. The number of ether oxygens (including phenoxy) is 4. The van der Waals surface area contributed by atoms with Crippen LogP contribution in [0.5, 0.6) is 0 Å². The fraction of sp³-hybridized carbons (Fsp3) is 0.440. The van der Waals surface area contributed by atoms with Crippen molar-refractivity contribution in [3.05, 3.63) is 71.8 Å². The maximum Gasteiger partial charge on any atom is 0.303 e. The molecule has 0 spiro atoms. The maximum absolute atomic E-state index is 11.8. The highest BCUT2D eigenvalue weighted by Gasteiger charge is 2.48. The van der Waals surface area contributed by atoms with Gasteiger partial charge in [-0.15, -0.1) is 0 Å². The van der Waals surface area contributed by atoms with Crippen LogP contribution in [-0.2, 0) is 41.8 Å². The van der Waals surface area contributed by atoms with Crippen LogP contribution >= 0.6 is 0 Å². The molecule has 0 amide bonds. The number of carboxylic acid groups (broad SMARTS) is 2. The summed E-state index contributed by atoms with van der Waals surface area (Å²) in [5, 5.41) is 18.8. The molecule has 0 aromatic heterocycles. The lowest BCUT2D eigenvalue weighted by Crippen LogP contribution is -2.57. The fourth-order valence-electron chi connectivity index (χ4n) is 4.08. The Morgan fingerprint density at radius 1 is 0.848 bits per heavy atom. The van der Waals surface area contributed by atoms with Crippen LogP contribution in [0, 0.1) is 5.92 Å². The molecule has 5 atom stereocenters. The Balaban J connectivity index is 1.84. The Kier molecular flexibility index (Phi) is 9.38. The number of benzene rings is 2. The van der Waals surface area contributed by atoms with E-state index in [4.69, 9.17) is 18.9 Å². The van der Waals surface area contributed by atoms with Gasteiger partial charge in [-0.05, 0) is 17.5 Å². The zero-order valence-corrected chi connectivity index (χ0v) is 18.5. The van der Waals surface area contributed by atoms with Gasteiger partial charge in [0.15, 0.2) is 6.29 Å². The van der Waals surface area contributed by atoms with Crippen molar-refractivity contribution in [3.8, 4) is 0 Å². The average Bonchev–Trinajstić information content (AvgIpc) is 2.81. The molecule has 0 saturated carbocycles. The number of rotatable bonds is 12. The minimum absolute atomic E-state index is 0.137. The zero-order valence-electron chi connectivity index (χ0n) is 18.5. The molecule has 2 aromatic rings. The minimum Gasteiger partial charge on any atom is -0.481 e. The Bertz CT molecular complexity index is 872. The normalized spacial score (nSPS) is 24.9. The van der Waals surface area contributed by atoms with Gasteiger partial charge >= 0.3 is 11.9 Å². The van der Waals surface area contributed by atoms with E-state index in [2.05, 4.69) is 0 Å². The van der Waals surface area contributed by atoms with Crippen LogP contribution in [0.4, 0.5) is 0 Å². The Morgan fingerprint density at radius 2 is 1.39 bits per heavy atom. The molecule has 0 bridgehead atoms. The van der Waals surface area contributed by atoms with E-state index >= 15 is 0 Å². The monoisotopic (exact) mass is 458 g/mol. The summed E-state index contributed by atoms with van der Waals surface area (Å²) >= 11 is 0. The van der Waals surface area contributed by atoms with Crippen LogP contribution in [0.25, 0.3) is 0 Å². The highest BCUT2D eigenvalue weighted by molar-refractivity contribution is 5.67. The first kappa shape index (κ1) is 24.9. The molecule has 2 N–H and O–H groups in total. The van der Waals surface area contributed by atoms with Crippen LogP contribution in [-0.4, -0.2) is 53.9 Å². The first-order valence-electron chi connectivity index (χ1n) is 10.9. The lowest BCUT2D eigenvalue weighted by molar-refractivity contribution is -0.299. The van der Waals surface area contributed by atoms with E-state index in [-0.39, 0.29) is 32.5 Å². The van der Waals surface area contributed by atoms with Crippen molar-refractivity contribution in [2.45, 2.75) is 57.1 Å². The van der Waals surface area contributed by atoms with Gasteiger partial charge in [0, 0.05) is 19.4 Å². The number of hydrogen-bond acceptors (Lipinski definition) is 6. The molecule has 178 valence electrons. The van der Waals surface area contributed by atoms with Crippen molar-refractivity contribution < 1.29 is 38.7 Å². The number of carboxylic acids is 2. The van der Waals surface area contributed by atoms with Crippen LogP contribution < -0.4 is 0 Å². The van der Waals surface area contributed by atoms with Crippen molar-refractivity contribution in [2.75, 3.05) is 7.11 Å². The molecule has 3 rings (SSSR count). The lowest BCUT2D eigenvalue weighted by Gasteiger charge is -2.45. The van der Waals surface area contributed by atoms with E-state index in [1.807, 2.05) is 60.7 Å². The summed E-state index contributed by atoms with van der Waals surface area (Å²) in [6.45, 7) is 0.480. The average molecular weight is 459 g/mol. The van der Waals surface area contributed by atoms with Crippen LogP contribution in [0.2, 0.25) is 0 Å².